The summed E-state index contributed by atoms with van der Waals surface area (Å²) < 4.78 is 13.0. The number of fused-ring (bicyclic) bond motifs is 1. The normalized spacial score (nSPS) is 15.7. The van der Waals surface area contributed by atoms with Gasteiger partial charge in [0.25, 0.3) is 5.19 Å². The number of primary amides is 1. The van der Waals surface area contributed by atoms with Crippen LogP contribution in [-0.2, 0) is 4.79 Å². The highest BCUT2D eigenvalue weighted by Gasteiger charge is 2.31. The van der Waals surface area contributed by atoms with Crippen LogP contribution < -0.4 is 15.2 Å². The zero-order chi connectivity index (χ0) is 24.0. The number of hydrogen-bond donors (Lipinski definition) is 1. The maximum atomic E-state index is 12.2. The minimum Gasteiger partial charge on any atom is -0.492 e. The van der Waals surface area contributed by atoms with Crippen molar-refractivity contribution in [2.24, 2.45) is 11.7 Å². The summed E-state index contributed by atoms with van der Waals surface area (Å²) in [6, 6.07) is 25.6. The van der Waals surface area contributed by atoms with Crippen LogP contribution in [0.2, 0.25) is 0 Å². The fourth-order valence-corrected chi connectivity index (χ4v) is 5.57. The van der Waals surface area contributed by atoms with Crippen LogP contribution in [0.25, 0.3) is 10.2 Å². The molecule has 7 heteroatoms. The van der Waals surface area contributed by atoms with Crippen LogP contribution in [0.4, 0.5) is 0 Å². The molecule has 180 valence electrons. The van der Waals surface area contributed by atoms with Gasteiger partial charge in [-0.25, -0.2) is 4.98 Å². The van der Waals surface area contributed by atoms with Crippen LogP contribution in [0, 0.1) is 5.92 Å². The molecule has 1 amide bonds. The number of likely N-dealkylation sites (tertiary alicyclic amines) is 1. The number of piperidine rings is 1. The Balaban J connectivity index is 1.07. The van der Waals surface area contributed by atoms with Gasteiger partial charge in [-0.2, -0.15) is 0 Å². The van der Waals surface area contributed by atoms with E-state index < -0.39 is 0 Å². The van der Waals surface area contributed by atoms with Gasteiger partial charge in [0, 0.05) is 6.54 Å². The van der Waals surface area contributed by atoms with Crippen molar-refractivity contribution in [3.63, 3.8) is 0 Å². The molecule has 1 unspecified atom stereocenters. The number of carbonyl (C=O) groups is 1. The molecule has 1 aliphatic rings. The van der Waals surface area contributed by atoms with Gasteiger partial charge < -0.3 is 15.2 Å². The van der Waals surface area contributed by atoms with E-state index in [2.05, 4.69) is 9.88 Å². The second kappa shape index (κ2) is 10.9. The number of hydrogen-bond acceptors (Lipinski definition) is 6. The van der Waals surface area contributed by atoms with Crippen molar-refractivity contribution in [1.29, 1.82) is 0 Å². The van der Waals surface area contributed by atoms with Crippen molar-refractivity contribution >= 4 is 27.5 Å². The van der Waals surface area contributed by atoms with Gasteiger partial charge >= 0.3 is 0 Å². The van der Waals surface area contributed by atoms with Crippen LogP contribution >= 0.6 is 11.3 Å². The molecule has 3 aromatic carbocycles. The summed E-state index contributed by atoms with van der Waals surface area (Å²) in [5.74, 6) is 1.40. The van der Waals surface area contributed by atoms with Crippen molar-refractivity contribution in [2.75, 3.05) is 26.2 Å². The molecule has 0 aliphatic carbocycles. The summed E-state index contributed by atoms with van der Waals surface area (Å²) in [5, 5.41) is 0.633. The van der Waals surface area contributed by atoms with Gasteiger partial charge in [0.2, 0.25) is 5.91 Å². The summed E-state index contributed by atoms with van der Waals surface area (Å²) in [6.07, 6.45) is 1.92. The highest BCUT2D eigenvalue weighted by atomic mass is 32.1. The molecule has 2 N–H and O–H groups in total. The largest absolute Gasteiger partial charge is 0.492 e. The summed E-state index contributed by atoms with van der Waals surface area (Å²) in [7, 11) is 0. The number of para-hydroxylation sites is 1. The first-order chi connectivity index (χ1) is 17.2. The maximum absolute atomic E-state index is 12.2. The topological polar surface area (TPSA) is 77.7 Å². The van der Waals surface area contributed by atoms with Gasteiger partial charge in [-0.1, -0.05) is 53.8 Å². The molecule has 2 heterocycles. The van der Waals surface area contributed by atoms with E-state index in [0.29, 0.717) is 11.8 Å². The maximum Gasteiger partial charge on any atom is 0.279 e. The molecule has 0 spiro atoms. The Kier molecular flexibility index (Phi) is 7.25. The molecule has 1 aromatic heterocycles. The fraction of sp³-hybridized carbons (Fsp3) is 0.286. The van der Waals surface area contributed by atoms with E-state index in [1.54, 1.807) is 0 Å². The lowest BCUT2D eigenvalue weighted by atomic mass is 9.79. The quantitative estimate of drug-likeness (QED) is 0.340. The van der Waals surface area contributed by atoms with Gasteiger partial charge in [-0.05, 0) is 73.8 Å². The molecule has 0 bridgehead atoms. The summed E-state index contributed by atoms with van der Waals surface area (Å²) in [6.45, 7) is 3.35. The van der Waals surface area contributed by atoms with Crippen molar-refractivity contribution in [1.82, 2.24) is 9.88 Å². The van der Waals surface area contributed by atoms with Crippen LogP contribution in [-0.4, -0.2) is 42.0 Å². The van der Waals surface area contributed by atoms with Crippen molar-refractivity contribution in [3.8, 4) is 16.7 Å². The zero-order valence-corrected chi connectivity index (χ0v) is 20.3. The molecule has 6 nitrogen and oxygen atoms in total. The summed E-state index contributed by atoms with van der Waals surface area (Å²) >= 11 is 1.53. The molecule has 1 atom stereocenters. The van der Waals surface area contributed by atoms with E-state index >= 15 is 0 Å². The van der Waals surface area contributed by atoms with Gasteiger partial charge in [0.15, 0.2) is 0 Å². The van der Waals surface area contributed by atoms with Gasteiger partial charge in [0.05, 0.1) is 16.1 Å². The zero-order valence-electron chi connectivity index (χ0n) is 19.5. The van der Waals surface area contributed by atoms with Crippen LogP contribution in [0.15, 0.2) is 78.9 Å². The Hall–Kier alpha value is -3.42. The van der Waals surface area contributed by atoms with E-state index in [9.17, 15) is 4.79 Å². The smallest absolute Gasteiger partial charge is 0.279 e. The number of benzene rings is 3. The van der Waals surface area contributed by atoms with E-state index in [1.165, 1.54) is 11.3 Å². The first kappa shape index (κ1) is 23.3. The van der Waals surface area contributed by atoms with E-state index in [-0.39, 0.29) is 17.7 Å². The number of amides is 1. The molecule has 0 saturated carbocycles. The monoisotopic (exact) mass is 487 g/mol. The van der Waals surface area contributed by atoms with Crippen LogP contribution in [0.3, 0.4) is 0 Å². The van der Waals surface area contributed by atoms with Crippen molar-refractivity contribution < 1.29 is 14.3 Å². The number of carbonyl (C=O) groups excluding carboxylic acids is 1. The molecule has 5 rings (SSSR count). The number of aromatic nitrogens is 1. The summed E-state index contributed by atoms with van der Waals surface area (Å²) in [4.78, 5) is 19.1. The molecular formula is C28H29N3O3S. The highest BCUT2D eigenvalue weighted by molar-refractivity contribution is 7.20. The number of thiazole rings is 1. The lowest BCUT2D eigenvalue weighted by Crippen LogP contribution is -2.40. The average Bonchev–Trinajstić information content (AvgIpc) is 3.29. The number of rotatable bonds is 9. The molecule has 4 aromatic rings. The van der Waals surface area contributed by atoms with Gasteiger partial charge in [0.1, 0.15) is 18.1 Å². The third-order valence-electron chi connectivity index (χ3n) is 6.55. The molecule has 1 aliphatic heterocycles. The van der Waals surface area contributed by atoms with Crippen LogP contribution in [0.5, 0.6) is 16.7 Å². The standard InChI is InChI=1S/C28H29N3O3S/c29-27(32)26(20-6-2-1-3-7-20)21-14-16-31(17-15-21)18-19-33-22-10-12-23(13-11-22)34-28-30-24-8-4-5-9-25(24)35-28/h1-13,21,26H,14-19H2,(H2,29,32). The molecular weight excluding hydrogens is 458 g/mol. The Labute approximate surface area is 209 Å². The molecule has 0 radical (unpaired) electrons. The SMILES string of the molecule is NC(=O)C(c1ccccc1)C1CCN(CCOc2ccc(Oc3nc4ccccc4s3)cc2)CC1. The Morgan fingerprint density at radius 3 is 2.37 bits per heavy atom. The predicted octanol–water partition coefficient (Wildman–Crippen LogP) is 5.45. The predicted molar refractivity (Wildman–Crippen MR) is 139 cm³/mol. The summed E-state index contributed by atoms with van der Waals surface area (Å²) in [5.41, 5.74) is 7.74. The third kappa shape index (κ3) is 5.81. The third-order valence-corrected chi connectivity index (χ3v) is 7.46. The van der Waals surface area contributed by atoms with Gasteiger partial charge in [-0.3, -0.25) is 9.69 Å². The molecule has 35 heavy (non-hydrogen) atoms. The average molecular weight is 488 g/mol. The van der Waals surface area contributed by atoms with E-state index in [0.717, 1.165) is 59.8 Å². The lowest BCUT2D eigenvalue weighted by Gasteiger charge is -2.35. The second-order valence-electron chi connectivity index (χ2n) is 8.84. The highest BCUT2D eigenvalue weighted by Crippen LogP contribution is 2.33. The molecule has 1 saturated heterocycles. The Bertz CT molecular complexity index is 1220. The minimum absolute atomic E-state index is 0.210. The minimum atomic E-state index is -0.228. The van der Waals surface area contributed by atoms with E-state index in [4.69, 9.17) is 15.2 Å². The first-order valence-electron chi connectivity index (χ1n) is 12.0. The molecule has 1 fully saturated rings. The number of ether oxygens (including phenoxy) is 2. The van der Waals surface area contributed by atoms with Crippen LogP contribution in [0.1, 0.15) is 24.3 Å². The van der Waals surface area contributed by atoms with Crippen molar-refractivity contribution in [2.45, 2.75) is 18.8 Å². The fourth-order valence-electron chi connectivity index (χ4n) is 4.73. The number of nitrogens with zero attached hydrogens (tertiary/aromatic N) is 2. The van der Waals surface area contributed by atoms with E-state index in [1.807, 2.05) is 78.9 Å². The second-order valence-corrected chi connectivity index (χ2v) is 9.83. The van der Waals surface area contributed by atoms with Gasteiger partial charge in [-0.15, -0.1) is 0 Å². The number of nitrogens with two attached hydrogens (primary N) is 1. The van der Waals surface area contributed by atoms with Crippen molar-refractivity contribution in [3.05, 3.63) is 84.4 Å². The Morgan fingerprint density at radius 2 is 1.66 bits per heavy atom. The Morgan fingerprint density at radius 1 is 0.971 bits per heavy atom. The first-order valence-corrected chi connectivity index (χ1v) is 12.8. The lowest BCUT2D eigenvalue weighted by molar-refractivity contribution is -0.121.